The number of rotatable bonds is 4. The molecule has 0 amide bonds. The van der Waals surface area contributed by atoms with Gasteiger partial charge >= 0.3 is 0 Å². The van der Waals surface area contributed by atoms with Gasteiger partial charge in [-0.15, -0.1) is 0 Å². The number of ether oxygens (including phenoxy) is 1. The van der Waals surface area contributed by atoms with E-state index in [9.17, 15) is 14.3 Å². The lowest BCUT2D eigenvalue weighted by molar-refractivity contribution is 0.0981. The van der Waals surface area contributed by atoms with E-state index in [2.05, 4.69) is 0 Å². The third-order valence-electron chi connectivity index (χ3n) is 1.94. The standard InChI is InChI=1S/C10H12FNO3/c1-15-10-5-7(11)6(4-9(10)14)8(13)2-3-12/h4-5,14H,2-3,12H2,1H3. The Morgan fingerprint density at radius 2 is 2.27 bits per heavy atom. The maximum atomic E-state index is 13.3. The molecular weight excluding hydrogens is 201 g/mol. The summed E-state index contributed by atoms with van der Waals surface area (Å²) >= 11 is 0. The minimum atomic E-state index is -0.719. The number of methoxy groups -OCH3 is 1. The number of phenolic OH excluding ortho intramolecular Hbond substituents is 1. The van der Waals surface area contributed by atoms with E-state index in [1.54, 1.807) is 0 Å². The Morgan fingerprint density at radius 1 is 1.60 bits per heavy atom. The lowest BCUT2D eigenvalue weighted by Crippen LogP contribution is -2.09. The van der Waals surface area contributed by atoms with Crippen LogP contribution in [-0.4, -0.2) is 24.5 Å². The predicted octanol–water partition coefficient (Wildman–Crippen LogP) is 1.07. The molecule has 0 heterocycles. The summed E-state index contributed by atoms with van der Waals surface area (Å²) < 4.78 is 18.0. The van der Waals surface area contributed by atoms with Gasteiger partial charge in [-0.25, -0.2) is 4.39 Å². The number of hydrogen-bond acceptors (Lipinski definition) is 4. The zero-order valence-electron chi connectivity index (χ0n) is 8.29. The van der Waals surface area contributed by atoms with Gasteiger partial charge in [-0.05, 0) is 12.6 Å². The molecule has 0 spiro atoms. The van der Waals surface area contributed by atoms with Crippen LogP contribution in [0.1, 0.15) is 16.8 Å². The second kappa shape index (κ2) is 4.75. The maximum absolute atomic E-state index is 13.3. The molecule has 0 aromatic heterocycles. The number of hydrogen-bond donors (Lipinski definition) is 2. The van der Waals surface area contributed by atoms with Crippen LogP contribution in [-0.2, 0) is 0 Å². The van der Waals surface area contributed by atoms with Crippen molar-refractivity contribution in [1.29, 1.82) is 0 Å². The van der Waals surface area contributed by atoms with Gasteiger partial charge in [0.05, 0.1) is 12.7 Å². The summed E-state index contributed by atoms with van der Waals surface area (Å²) in [6, 6.07) is 2.02. The molecule has 15 heavy (non-hydrogen) atoms. The molecule has 0 atom stereocenters. The van der Waals surface area contributed by atoms with Gasteiger partial charge in [0.2, 0.25) is 0 Å². The second-order valence-corrected chi connectivity index (χ2v) is 2.97. The third kappa shape index (κ3) is 2.44. The van der Waals surface area contributed by atoms with Crippen molar-refractivity contribution in [2.24, 2.45) is 5.73 Å². The van der Waals surface area contributed by atoms with E-state index in [4.69, 9.17) is 10.5 Å². The normalized spacial score (nSPS) is 10.1. The molecule has 1 aromatic carbocycles. The number of Topliss-reactive ketones (excluding diaryl/α,β-unsaturated/α-hetero) is 1. The fourth-order valence-corrected chi connectivity index (χ4v) is 1.19. The van der Waals surface area contributed by atoms with E-state index in [0.717, 1.165) is 12.1 Å². The van der Waals surface area contributed by atoms with Crippen LogP contribution in [0.25, 0.3) is 0 Å². The van der Waals surface area contributed by atoms with Crippen molar-refractivity contribution < 1.29 is 19.0 Å². The Morgan fingerprint density at radius 3 is 2.80 bits per heavy atom. The van der Waals surface area contributed by atoms with Gasteiger partial charge in [0.15, 0.2) is 17.3 Å². The summed E-state index contributed by atoms with van der Waals surface area (Å²) in [5.41, 5.74) is 5.01. The minimum absolute atomic E-state index is 0.00296. The number of carbonyl (C=O) groups is 1. The van der Waals surface area contributed by atoms with Crippen molar-refractivity contribution >= 4 is 5.78 Å². The number of ketones is 1. The number of carbonyl (C=O) groups excluding carboxylic acids is 1. The van der Waals surface area contributed by atoms with Crippen LogP contribution < -0.4 is 10.5 Å². The highest BCUT2D eigenvalue weighted by atomic mass is 19.1. The molecule has 0 fully saturated rings. The summed E-state index contributed by atoms with van der Waals surface area (Å²) in [5.74, 6) is -1.42. The van der Waals surface area contributed by atoms with Crippen LogP contribution in [0.5, 0.6) is 11.5 Å². The van der Waals surface area contributed by atoms with Gasteiger partial charge in [-0.1, -0.05) is 0 Å². The molecule has 0 radical (unpaired) electrons. The van der Waals surface area contributed by atoms with E-state index in [-0.39, 0.29) is 30.0 Å². The van der Waals surface area contributed by atoms with Crippen LogP contribution >= 0.6 is 0 Å². The van der Waals surface area contributed by atoms with Gasteiger partial charge in [0, 0.05) is 12.5 Å². The molecule has 0 unspecified atom stereocenters. The van der Waals surface area contributed by atoms with E-state index in [1.165, 1.54) is 7.11 Å². The minimum Gasteiger partial charge on any atom is -0.504 e. The van der Waals surface area contributed by atoms with Gasteiger partial charge in [0.25, 0.3) is 0 Å². The average Bonchev–Trinajstić information content (AvgIpc) is 2.21. The quantitative estimate of drug-likeness (QED) is 0.734. The predicted molar refractivity (Wildman–Crippen MR) is 52.6 cm³/mol. The molecule has 82 valence electrons. The molecule has 5 heteroatoms. The van der Waals surface area contributed by atoms with Crippen LogP contribution in [0.3, 0.4) is 0 Å². The van der Waals surface area contributed by atoms with Crippen LogP contribution in [0.15, 0.2) is 12.1 Å². The van der Waals surface area contributed by atoms with Gasteiger partial charge < -0.3 is 15.6 Å². The molecule has 4 nitrogen and oxygen atoms in total. The van der Waals surface area contributed by atoms with E-state index >= 15 is 0 Å². The first kappa shape index (κ1) is 11.5. The summed E-state index contributed by atoms with van der Waals surface area (Å²) in [5, 5.41) is 9.36. The van der Waals surface area contributed by atoms with Gasteiger partial charge in [-0.2, -0.15) is 0 Å². The lowest BCUT2D eigenvalue weighted by Gasteiger charge is -2.06. The molecule has 0 aliphatic heterocycles. The number of aromatic hydroxyl groups is 1. The molecule has 0 saturated heterocycles. The molecule has 0 aliphatic carbocycles. The maximum Gasteiger partial charge on any atom is 0.167 e. The highest BCUT2D eigenvalue weighted by molar-refractivity contribution is 5.97. The third-order valence-corrected chi connectivity index (χ3v) is 1.94. The SMILES string of the molecule is COc1cc(F)c(C(=O)CCN)cc1O. The molecule has 3 N–H and O–H groups in total. The number of benzene rings is 1. The monoisotopic (exact) mass is 213 g/mol. The van der Waals surface area contributed by atoms with Crippen molar-refractivity contribution in [1.82, 2.24) is 0 Å². The largest absolute Gasteiger partial charge is 0.504 e. The van der Waals surface area contributed by atoms with Crippen molar-refractivity contribution in [3.8, 4) is 11.5 Å². The highest BCUT2D eigenvalue weighted by Gasteiger charge is 2.15. The highest BCUT2D eigenvalue weighted by Crippen LogP contribution is 2.29. The zero-order valence-corrected chi connectivity index (χ0v) is 8.29. The van der Waals surface area contributed by atoms with E-state index < -0.39 is 11.6 Å². The summed E-state index contributed by atoms with van der Waals surface area (Å²) in [4.78, 5) is 11.3. The first-order chi connectivity index (χ1) is 7.10. The molecule has 0 bridgehead atoms. The summed E-state index contributed by atoms with van der Waals surface area (Å²) in [6.45, 7) is 0.144. The molecule has 0 saturated carbocycles. The molecular formula is C10H12FNO3. The number of nitrogens with two attached hydrogens (primary N) is 1. The van der Waals surface area contributed by atoms with Crippen molar-refractivity contribution in [2.75, 3.05) is 13.7 Å². The van der Waals surface area contributed by atoms with Crippen molar-refractivity contribution in [3.05, 3.63) is 23.5 Å². The van der Waals surface area contributed by atoms with Crippen LogP contribution in [0.2, 0.25) is 0 Å². The number of phenols is 1. The Kier molecular flexibility index (Phi) is 3.62. The zero-order chi connectivity index (χ0) is 11.4. The molecule has 1 aromatic rings. The van der Waals surface area contributed by atoms with E-state index in [1.807, 2.05) is 0 Å². The Hall–Kier alpha value is -1.62. The van der Waals surface area contributed by atoms with Crippen LogP contribution in [0, 0.1) is 5.82 Å². The first-order valence-electron chi connectivity index (χ1n) is 4.40. The van der Waals surface area contributed by atoms with Crippen molar-refractivity contribution in [2.45, 2.75) is 6.42 Å². The lowest BCUT2D eigenvalue weighted by atomic mass is 10.1. The Balaban J connectivity index is 3.10. The first-order valence-corrected chi connectivity index (χ1v) is 4.40. The molecule has 1 rings (SSSR count). The van der Waals surface area contributed by atoms with Crippen molar-refractivity contribution in [3.63, 3.8) is 0 Å². The second-order valence-electron chi connectivity index (χ2n) is 2.97. The van der Waals surface area contributed by atoms with E-state index in [0.29, 0.717) is 0 Å². The van der Waals surface area contributed by atoms with Gasteiger partial charge in [-0.3, -0.25) is 4.79 Å². The smallest absolute Gasteiger partial charge is 0.167 e. The molecule has 0 aliphatic rings. The Bertz CT molecular complexity index is 379. The fourth-order valence-electron chi connectivity index (χ4n) is 1.19. The number of halogens is 1. The van der Waals surface area contributed by atoms with Crippen LogP contribution in [0.4, 0.5) is 4.39 Å². The summed E-state index contributed by atoms with van der Waals surface area (Å²) in [7, 11) is 1.30. The topological polar surface area (TPSA) is 72.5 Å². The average molecular weight is 213 g/mol. The van der Waals surface area contributed by atoms with Gasteiger partial charge in [0.1, 0.15) is 5.82 Å². The fraction of sp³-hybridized carbons (Fsp3) is 0.300. The summed E-state index contributed by atoms with van der Waals surface area (Å²) in [6.07, 6.45) is 0.0443. The Labute approximate surface area is 86.5 Å².